The summed E-state index contributed by atoms with van der Waals surface area (Å²) in [5.41, 5.74) is 7.98. The molecular weight excluding hydrogens is 496 g/mol. The molecule has 0 aliphatic carbocycles. The number of nitrogens with zero attached hydrogens (tertiary/aromatic N) is 7. The average Bonchev–Trinajstić information content (AvgIpc) is 3.40. The quantitative estimate of drug-likeness (QED) is 0.341. The van der Waals surface area contributed by atoms with Crippen LogP contribution >= 0.6 is 11.6 Å². The molecule has 12 heteroatoms. The van der Waals surface area contributed by atoms with Crippen LogP contribution in [0.3, 0.4) is 0 Å². The van der Waals surface area contributed by atoms with Gasteiger partial charge in [0.1, 0.15) is 18.2 Å². The zero-order chi connectivity index (χ0) is 26.5. The number of aliphatic hydroxyl groups excluding tert-OH is 1. The van der Waals surface area contributed by atoms with Crippen LogP contribution in [0.25, 0.3) is 16.9 Å². The molecule has 4 rings (SSSR count). The van der Waals surface area contributed by atoms with Crippen molar-refractivity contribution in [1.82, 2.24) is 34.6 Å². The molecule has 0 aliphatic rings. The molecule has 1 aromatic carbocycles. The van der Waals surface area contributed by atoms with Gasteiger partial charge in [-0.1, -0.05) is 18.5 Å². The summed E-state index contributed by atoms with van der Waals surface area (Å²) in [6.45, 7) is 2.96. The first-order valence-electron chi connectivity index (χ1n) is 11.5. The number of aryl methyl sites for hydroxylation is 1. The predicted molar refractivity (Wildman–Crippen MR) is 136 cm³/mol. The van der Waals surface area contributed by atoms with Gasteiger partial charge in [0.2, 0.25) is 5.91 Å². The van der Waals surface area contributed by atoms with Crippen molar-refractivity contribution in [3.63, 3.8) is 0 Å². The number of carbonyl (C=O) groups excluding carboxylic acids is 2. The molecule has 1 unspecified atom stereocenters. The second-order valence-corrected chi connectivity index (χ2v) is 8.63. The first kappa shape index (κ1) is 25.9. The number of primary amides is 1. The summed E-state index contributed by atoms with van der Waals surface area (Å²) in [4.78, 5) is 44.6. The Kier molecular flexibility index (Phi) is 7.85. The second-order valence-electron chi connectivity index (χ2n) is 8.19. The molecule has 190 valence electrons. The Morgan fingerprint density at radius 3 is 2.57 bits per heavy atom. The van der Waals surface area contributed by atoms with E-state index in [-0.39, 0.29) is 5.56 Å². The minimum atomic E-state index is -1.30. The summed E-state index contributed by atoms with van der Waals surface area (Å²) < 4.78 is 1.63. The van der Waals surface area contributed by atoms with Gasteiger partial charge in [0.15, 0.2) is 0 Å². The maximum atomic E-state index is 14.1. The Balaban J connectivity index is 1.88. The van der Waals surface area contributed by atoms with E-state index in [0.29, 0.717) is 39.9 Å². The van der Waals surface area contributed by atoms with Crippen LogP contribution < -0.4 is 5.73 Å². The van der Waals surface area contributed by atoms with Crippen LogP contribution in [-0.2, 0) is 11.2 Å². The highest BCUT2D eigenvalue weighted by molar-refractivity contribution is 6.30. The largest absolute Gasteiger partial charge is 0.394 e. The van der Waals surface area contributed by atoms with E-state index < -0.39 is 30.5 Å². The number of amides is 2. The monoisotopic (exact) mass is 520 g/mol. The molecule has 3 aromatic heterocycles. The van der Waals surface area contributed by atoms with Gasteiger partial charge in [-0.15, -0.1) is 0 Å². The van der Waals surface area contributed by atoms with E-state index >= 15 is 0 Å². The number of aliphatic hydroxyl groups is 1. The minimum absolute atomic E-state index is 0.220. The molecule has 37 heavy (non-hydrogen) atoms. The Morgan fingerprint density at radius 2 is 1.95 bits per heavy atom. The maximum absolute atomic E-state index is 14.1. The fourth-order valence-corrected chi connectivity index (χ4v) is 4.11. The Hall–Kier alpha value is -4.22. The van der Waals surface area contributed by atoms with Crippen LogP contribution in [0.5, 0.6) is 0 Å². The lowest BCUT2D eigenvalue weighted by Crippen LogP contribution is -2.51. The highest BCUT2D eigenvalue weighted by Gasteiger charge is 2.34. The first-order valence-corrected chi connectivity index (χ1v) is 11.9. The van der Waals surface area contributed by atoms with Gasteiger partial charge in [-0.05, 0) is 37.3 Å². The average molecular weight is 521 g/mol. The third kappa shape index (κ3) is 5.47. The van der Waals surface area contributed by atoms with Crippen molar-refractivity contribution >= 4 is 23.4 Å². The minimum Gasteiger partial charge on any atom is -0.394 e. The second kappa shape index (κ2) is 11.2. The lowest BCUT2D eigenvalue weighted by molar-refractivity contribution is -0.124. The lowest BCUT2D eigenvalue weighted by Gasteiger charge is -2.33. The molecule has 3 N–H and O–H groups in total. The van der Waals surface area contributed by atoms with Crippen molar-refractivity contribution in [3.05, 3.63) is 83.6 Å². The summed E-state index contributed by atoms with van der Waals surface area (Å²) >= 11 is 6.02. The zero-order valence-electron chi connectivity index (χ0n) is 20.2. The maximum Gasteiger partial charge on any atom is 0.255 e. The van der Waals surface area contributed by atoms with E-state index in [9.17, 15) is 14.7 Å². The van der Waals surface area contributed by atoms with Gasteiger partial charge >= 0.3 is 0 Å². The molecule has 2 atom stereocenters. The molecule has 0 bridgehead atoms. The molecule has 0 fully saturated rings. The number of benzene rings is 1. The first-order chi connectivity index (χ1) is 17.8. The zero-order valence-corrected chi connectivity index (χ0v) is 20.9. The van der Waals surface area contributed by atoms with Crippen LogP contribution in [0.1, 0.15) is 41.8 Å². The Labute approximate surface area is 218 Å². The van der Waals surface area contributed by atoms with Crippen LogP contribution in [0.2, 0.25) is 5.02 Å². The fraction of sp³-hybridized carbons (Fsp3) is 0.240. The van der Waals surface area contributed by atoms with Gasteiger partial charge in [0.25, 0.3) is 5.91 Å². The van der Waals surface area contributed by atoms with E-state index in [1.807, 2.05) is 13.0 Å². The van der Waals surface area contributed by atoms with E-state index in [4.69, 9.17) is 17.3 Å². The number of nitrogens with two attached hydrogens (primary N) is 1. The van der Waals surface area contributed by atoms with Crippen LogP contribution in [0.4, 0.5) is 0 Å². The van der Waals surface area contributed by atoms with Crippen molar-refractivity contribution in [2.45, 2.75) is 32.4 Å². The predicted octanol–water partition coefficient (Wildman–Crippen LogP) is 2.38. The van der Waals surface area contributed by atoms with E-state index in [1.54, 1.807) is 35.9 Å². The Morgan fingerprint density at radius 1 is 1.14 bits per heavy atom. The standard InChI is InChI=1S/C25H25ClN8O3/c1-3-23-31-14-32-34(23)19-9-16(20-5-4-18(26)11-30-20)8-17(10-19)25(37)33(22(13-35)24(27)36)15(2)21-12-28-6-7-29-21/h4-12,14-15,22,35H,3,13H2,1-2H3,(H2,27,36)/t15?,22-/m0/s1. The molecule has 3 heterocycles. The van der Waals surface area contributed by atoms with Crippen molar-refractivity contribution in [2.75, 3.05) is 6.61 Å². The van der Waals surface area contributed by atoms with Gasteiger partial charge in [0, 0.05) is 36.1 Å². The number of rotatable bonds is 9. The molecule has 11 nitrogen and oxygen atoms in total. The van der Waals surface area contributed by atoms with Crippen molar-refractivity contribution in [2.24, 2.45) is 5.73 Å². The lowest BCUT2D eigenvalue weighted by atomic mass is 10.0. The van der Waals surface area contributed by atoms with Crippen molar-refractivity contribution < 1.29 is 14.7 Å². The van der Waals surface area contributed by atoms with Crippen LogP contribution in [0.15, 0.2) is 61.4 Å². The van der Waals surface area contributed by atoms with Gasteiger partial charge in [-0.3, -0.25) is 24.5 Å². The summed E-state index contributed by atoms with van der Waals surface area (Å²) in [6.07, 6.45) is 8.02. The molecule has 4 aromatic rings. The highest BCUT2D eigenvalue weighted by Crippen LogP contribution is 2.28. The van der Waals surface area contributed by atoms with Crippen LogP contribution in [-0.4, -0.2) is 64.2 Å². The molecule has 0 aliphatic heterocycles. The number of pyridine rings is 1. The highest BCUT2D eigenvalue weighted by atomic mass is 35.5. The Bertz CT molecular complexity index is 1390. The summed E-state index contributed by atoms with van der Waals surface area (Å²) in [5, 5.41) is 14.8. The van der Waals surface area contributed by atoms with E-state index in [2.05, 4.69) is 25.0 Å². The van der Waals surface area contributed by atoms with Gasteiger partial charge in [0.05, 0.1) is 40.9 Å². The number of hydrogen-bond acceptors (Lipinski definition) is 8. The third-order valence-corrected chi connectivity index (χ3v) is 6.09. The number of aromatic nitrogens is 6. The third-order valence-electron chi connectivity index (χ3n) is 5.87. The number of halogens is 1. The molecule has 0 spiro atoms. The van der Waals surface area contributed by atoms with E-state index in [1.165, 1.54) is 36.0 Å². The SMILES string of the molecule is CCc1ncnn1-c1cc(C(=O)N(C(C)c2cnccn2)[C@@H](CO)C(N)=O)cc(-c2ccc(Cl)cn2)c1. The van der Waals surface area contributed by atoms with Crippen molar-refractivity contribution in [1.29, 1.82) is 0 Å². The molecule has 0 saturated heterocycles. The summed E-state index contributed by atoms with van der Waals surface area (Å²) in [7, 11) is 0. The molecule has 0 radical (unpaired) electrons. The smallest absolute Gasteiger partial charge is 0.255 e. The number of carbonyl (C=O) groups is 2. The molecule has 2 amide bonds. The van der Waals surface area contributed by atoms with Gasteiger partial charge in [-0.25, -0.2) is 9.67 Å². The van der Waals surface area contributed by atoms with Gasteiger partial charge < -0.3 is 15.7 Å². The molecular formula is C25H25ClN8O3. The molecule has 0 saturated carbocycles. The normalized spacial score (nSPS) is 12.6. The number of hydrogen-bond donors (Lipinski definition) is 2. The van der Waals surface area contributed by atoms with Crippen molar-refractivity contribution in [3.8, 4) is 16.9 Å². The fourth-order valence-electron chi connectivity index (χ4n) is 3.99. The summed E-state index contributed by atoms with van der Waals surface area (Å²) in [6, 6.07) is 6.51. The summed E-state index contributed by atoms with van der Waals surface area (Å²) in [5.74, 6) is -0.715. The van der Waals surface area contributed by atoms with E-state index in [0.717, 1.165) is 0 Å². The van der Waals surface area contributed by atoms with Gasteiger partial charge in [-0.2, -0.15) is 5.10 Å². The van der Waals surface area contributed by atoms with Crippen LogP contribution in [0, 0.1) is 0 Å². The topological polar surface area (TPSA) is 153 Å².